The molecule has 0 fully saturated rings. The molecule has 1 aromatic rings. The van der Waals surface area contributed by atoms with Gasteiger partial charge in [-0.25, -0.2) is 0 Å². The molecule has 0 saturated heterocycles. The molecule has 6 heteroatoms. The van der Waals surface area contributed by atoms with Gasteiger partial charge in [-0.3, -0.25) is 4.99 Å². The molecule has 1 aliphatic rings. The number of nitrogens with zero attached hydrogens (tertiary/aromatic N) is 1. The Kier molecular flexibility index (Phi) is 10.3. The number of halogens is 2. The Balaban J connectivity index is 0.00000264. The van der Waals surface area contributed by atoms with Crippen LogP contribution in [-0.2, 0) is 11.3 Å². The Morgan fingerprint density at radius 3 is 2.61 bits per heavy atom. The van der Waals surface area contributed by atoms with E-state index in [1.165, 1.54) is 0 Å². The first-order chi connectivity index (χ1) is 10.8. The molecule has 1 aliphatic carbocycles. The molecule has 0 saturated carbocycles. The largest absolute Gasteiger partial charge is 0.375 e. The number of rotatable bonds is 7. The minimum Gasteiger partial charge on any atom is -0.375 e. The van der Waals surface area contributed by atoms with Crippen molar-refractivity contribution < 1.29 is 4.74 Å². The summed E-state index contributed by atoms with van der Waals surface area (Å²) in [6.07, 6.45) is 6.54. The number of ether oxygens (including phenoxy) is 1. The van der Waals surface area contributed by atoms with Crippen LogP contribution < -0.4 is 10.6 Å². The number of aliphatic imine (C=N–C) groups is 1. The van der Waals surface area contributed by atoms with Crippen molar-refractivity contribution in [1.29, 1.82) is 0 Å². The van der Waals surface area contributed by atoms with Gasteiger partial charge in [0.15, 0.2) is 5.96 Å². The van der Waals surface area contributed by atoms with Crippen LogP contribution in [-0.4, -0.2) is 31.7 Å². The van der Waals surface area contributed by atoms with Crippen molar-refractivity contribution >= 4 is 41.5 Å². The number of benzene rings is 1. The van der Waals surface area contributed by atoms with Gasteiger partial charge in [-0.05, 0) is 37.5 Å². The van der Waals surface area contributed by atoms with Crippen LogP contribution in [0.15, 0.2) is 41.4 Å². The Hall–Kier alpha value is -0.790. The lowest BCUT2D eigenvalue weighted by Gasteiger charge is -2.16. The van der Waals surface area contributed by atoms with Crippen LogP contribution in [0.4, 0.5) is 0 Å². The van der Waals surface area contributed by atoms with Gasteiger partial charge in [-0.2, -0.15) is 0 Å². The molecular formula is C17H25ClIN3O. The minimum atomic E-state index is 0. The molecule has 0 radical (unpaired) electrons. The van der Waals surface area contributed by atoms with Gasteiger partial charge in [-0.15, -0.1) is 24.0 Å². The zero-order valence-corrected chi connectivity index (χ0v) is 16.5. The van der Waals surface area contributed by atoms with Crippen LogP contribution in [0.3, 0.4) is 0 Å². The molecule has 0 aliphatic heterocycles. The van der Waals surface area contributed by atoms with Crippen molar-refractivity contribution in [2.75, 3.05) is 19.7 Å². The second-order valence-electron chi connectivity index (χ2n) is 5.22. The predicted molar refractivity (Wildman–Crippen MR) is 108 cm³/mol. The average Bonchev–Trinajstić information content (AvgIpc) is 3.02. The lowest BCUT2D eigenvalue weighted by atomic mass is 10.2. The highest BCUT2D eigenvalue weighted by Gasteiger charge is 2.11. The highest BCUT2D eigenvalue weighted by molar-refractivity contribution is 14.0. The second kappa shape index (κ2) is 11.7. The lowest BCUT2D eigenvalue weighted by Crippen LogP contribution is -2.42. The van der Waals surface area contributed by atoms with E-state index in [4.69, 9.17) is 16.3 Å². The van der Waals surface area contributed by atoms with Crippen molar-refractivity contribution in [2.45, 2.75) is 32.4 Å². The maximum Gasteiger partial charge on any atom is 0.191 e. The first-order valence-corrected chi connectivity index (χ1v) is 8.17. The van der Waals surface area contributed by atoms with E-state index < -0.39 is 0 Å². The lowest BCUT2D eigenvalue weighted by molar-refractivity contribution is 0.128. The number of nitrogens with one attached hydrogen (secondary N) is 2. The van der Waals surface area contributed by atoms with Crippen LogP contribution in [0, 0.1) is 0 Å². The van der Waals surface area contributed by atoms with Gasteiger partial charge in [0.25, 0.3) is 0 Å². The molecule has 0 heterocycles. The molecule has 0 amide bonds. The molecule has 4 nitrogen and oxygen atoms in total. The Labute approximate surface area is 160 Å². The molecule has 2 N–H and O–H groups in total. The standard InChI is InChI=1S/C17H24ClN3O.HI/c1-2-19-17(21-16-5-3-4-6-16)20-11-12-22-13-14-7-9-15(18)10-8-14;/h3-4,7-10,16H,2,5-6,11-13H2,1H3,(H2,19,20,21);1H. The number of hydrogen-bond acceptors (Lipinski definition) is 2. The monoisotopic (exact) mass is 449 g/mol. The quantitative estimate of drug-likeness (QED) is 0.219. The molecule has 0 unspecified atom stereocenters. The highest BCUT2D eigenvalue weighted by atomic mass is 127. The summed E-state index contributed by atoms with van der Waals surface area (Å²) in [6, 6.07) is 8.17. The summed E-state index contributed by atoms with van der Waals surface area (Å²) in [7, 11) is 0. The van der Waals surface area contributed by atoms with Crippen molar-refractivity contribution in [3.8, 4) is 0 Å². The maximum absolute atomic E-state index is 5.85. The summed E-state index contributed by atoms with van der Waals surface area (Å²) >= 11 is 5.85. The molecule has 128 valence electrons. The van der Waals surface area contributed by atoms with Gasteiger partial charge < -0.3 is 15.4 Å². The normalized spacial score (nSPS) is 14.6. The third-order valence-corrected chi connectivity index (χ3v) is 3.63. The van der Waals surface area contributed by atoms with E-state index in [1.807, 2.05) is 24.3 Å². The molecule has 0 aromatic heterocycles. The fraction of sp³-hybridized carbons (Fsp3) is 0.471. The Bertz CT molecular complexity index is 497. The minimum absolute atomic E-state index is 0. The van der Waals surface area contributed by atoms with E-state index in [9.17, 15) is 0 Å². The van der Waals surface area contributed by atoms with Gasteiger partial charge in [0.2, 0.25) is 0 Å². The fourth-order valence-electron chi connectivity index (χ4n) is 2.24. The Morgan fingerprint density at radius 1 is 1.26 bits per heavy atom. The summed E-state index contributed by atoms with van der Waals surface area (Å²) in [4.78, 5) is 4.54. The second-order valence-corrected chi connectivity index (χ2v) is 5.66. The van der Waals surface area contributed by atoms with Gasteiger partial charge >= 0.3 is 0 Å². The highest BCUT2D eigenvalue weighted by Crippen LogP contribution is 2.10. The van der Waals surface area contributed by atoms with Crippen LogP contribution in [0.5, 0.6) is 0 Å². The smallest absolute Gasteiger partial charge is 0.191 e. The number of hydrogen-bond donors (Lipinski definition) is 2. The van der Waals surface area contributed by atoms with Gasteiger partial charge in [0.05, 0.1) is 19.8 Å². The van der Waals surface area contributed by atoms with Crippen molar-refractivity contribution in [1.82, 2.24) is 10.6 Å². The summed E-state index contributed by atoms with van der Waals surface area (Å²) in [6.45, 7) is 4.76. The SMILES string of the molecule is CCNC(=NCCOCc1ccc(Cl)cc1)NC1CC=CC1.I. The number of guanidine groups is 1. The summed E-state index contributed by atoms with van der Waals surface area (Å²) in [5.74, 6) is 0.867. The molecule has 0 atom stereocenters. The maximum atomic E-state index is 5.85. The van der Waals surface area contributed by atoms with Gasteiger partial charge in [-0.1, -0.05) is 35.9 Å². The molecule has 0 bridgehead atoms. The van der Waals surface area contributed by atoms with Crippen LogP contribution in [0.2, 0.25) is 5.02 Å². The van der Waals surface area contributed by atoms with E-state index in [-0.39, 0.29) is 24.0 Å². The molecule has 2 rings (SSSR count). The molecular weight excluding hydrogens is 425 g/mol. The van der Waals surface area contributed by atoms with E-state index >= 15 is 0 Å². The van der Waals surface area contributed by atoms with Gasteiger partial charge in [0, 0.05) is 17.6 Å². The third-order valence-electron chi connectivity index (χ3n) is 3.38. The van der Waals surface area contributed by atoms with Crippen LogP contribution in [0.1, 0.15) is 25.3 Å². The van der Waals surface area contributed by atoms with Gasteiger partial charge in [0.1, 0.15) is 0 Å². The van der Waals surface area contributed by atoms with E-state index in [0.717, 1.165) is 35.9 Å². The van der Waals surface area contributed by atoms with Crippen molar-refractivity contribution in [3.05, 3.63) is 47.0 Å². The average molecular weight is 450 g/mol. The zero-order valence-electron chi connectivity index (χ0n) is 13.4. The predicted octanol–water partition coefficient (Wildman–Crippen LogP) is 3.75. The summed E-state index contributed by atoms with van der Waals surface area (Å²) in [5.41, 5.74) is 1.12. The third kappa shape index (κ3) is 8.04. The first-order valence-electron chi connectivity index (χ1n) is 7.80. The fourth-order valence-corrected chi connectivity index (χ4v) is 2.37. The summed E-state index contributed by atoms with van der Waals surface area (Å²) < 4.78 is 5.64. The van der Waals surface area contributed by atoms with Crippen LogP contribution >= 0.6 is 35.6 Å². The first kappa shape index (κ1) is 20.3. The Morgan fingerprint density at radius 2 is 1.96 bits per heavy atom. The van der Waals surface area contributed by atoms with E-state index in [1.54, 1.807) is 0 Å². The summed E-state index contributed by atoms with van der Waals surface area (Å²) in [5, 5.41) is 7.45. The van der Waals surface area contributed by atoms with Crippen molar-refractivity contribution in [3.63, 3.8) is 0 Å². The van der Waals surface area contributed by atoms with E-state index in [0.29, 0.717) is 25.8 Å². The molecule has 1 aromatic carbocycles. The molecule has 23 heavy (non-hydrogen) atoms. The topological polar surface area (TPSA) is 45.7 Å². The van der Waals surface area contributed by atoms with Crippen LogP contribution in [0.25, 0.3) is 0 Å². The van der Waals surface area contributed by atoms with E-state index in [2.05, 4.69) is 34.7 Å². The zero-order chi connectivity index (χ0) is 15.6. The van der Waals surface area contributed by atoms with Crippen molar-refractivity contribution in [2.24, 2.45) is 4.99 Å². The molecule has 0 spiro atoms.